The molecule has 1 aromatic carbocycles. The number of aliphatic hydroxyl groups is 1. The third kappa shape index (κ3) is 4.20. The third-order valence-corrected chi connectivity index (χ3v) is 4.62. The minimum Gasteiger partial charge on any atom is -0.388 e. The summed E-state index contributed by atoms with van der Waals surface area (Å²) in [6.45, 7) is 2.50. The van der Waals surface area contributed by atoms with Crippen LogP contribution in [0.25, 0.3) is 0 Å². The van der Waals surface area contributed by atoms with Gasteiger partial charge in [0.15, 0.2) is 0 Å². The molecular weight excluding hydrogens is 261 g/mol. The average molecular weight is 283 g/mol. The Labute approximate surface area is 118 Å². The van der Waals surface area contributed by atoms with Gasteiger partial charge in [-0.3, -0.25) is 0 Å². The van der Waals surface area contributed by atoms with Crippen molar-refractivity contribution in [1.82, 2.24) is 5.32 Å². The van der Waals surface area contributed by atoms with Gasteiger partial charge in [-0.15, -0.1) is 0 Å². The van der Waals surface area contributed by atoms with Crippen molar-refractivity contribution >= 4 is 11.8 Å². The van der Waals surface area contributed by atoms with Crippen molar-refractivity contribution in [1.29, 1.82) is 0 Å². The Morgan fingerprint density at radius 3 is 2.58 bits per heavy atom. The van der Waals surface area contributed by atoms with E-state index in [0.717, 1.165) is 18.6 Å². The van der Waals surface area contributed by atoms with Gasteiger partial charge >= 0.3 is 0 Å². The molecule has 1 saturated carbocycles. The first-order chi connectivity index (χ1) is 9.00. The zero-order valence-electron chi connectivity index (χ0n) is 11.5. The molecular formula is C15H22FNOS. The second-order valence-electron chi connectivity index (χ2n) is 5.73. The van der Waals surface area contributed by atoms with Crippen molar-refractivity contribution in [3.63, 3.8) is 0 Å². The van der Waals surface area contributed by atoms with Crippen LogP contribution in [0.5, 0.6) is 0 Å². The van der Waals surface area contributed by atoms with Crippen LogP contribution < -0.4 is 5.32 Å². The molecule has 0 heterocycles. The molecule has 1 aliphatic carbocycles. The van der Waals surface area contributed by atoms with Crippen molar-refractivity contribution < 1.29 is 9.50 Å². The van der Waals surface area contributed by atoms with Gasteiger partial charge in [0.1, 0.15) is 5.82 Å². The summed E-state index contributed by atoms with van der Waals surface area (Å²) < 4.78 is 12.8. The molecule has 1 aliphatic rings. The summed E-state index contributed by atoms with van der Waals surface area (Å²) in [6.07, 6.45) is 4.14. The Morgan fingerprint density at radius 1 is 1.37 bits per heavy atom. The number of halogens is 1. The molecule has 0 aliphatic heterocycles. The number of hydrogen-bond donors (Lipinski definition) is 2. The molecule has 0 aromatic heterocycles. The zero-order chi connectivity index (χ0) is 13.9. The first-order valence-electron chi connectivity index (χ1n) is 6.70. The van der Waals surface area contributed by atoms with Crippen LogP contribution in [0.2, 0.25) is 0 Å². The zero-order valence-corrected chi connectivity index (χ0v) is 12.3. The van der Waals surface area contributed by atoms with Gasteiger partial charge in [0.05, 0.1) is 5.60 Å². The maximum absolute atomic E-state index is 12.8. The van der Waals surface area contributed by atoms with E-state index in [4.69, 9.17) is 0 Å². The lowest BCUT2D eigenvalue weighted by Gasteiger charge is -2.38. The van der Waals surface area contributed by atoms with Crippen LogP contribution in [0.1, 0.15) is 31.2 Å². The quantitative estimate of drug-likeness (QED) is 0.842. The van der Waals surface area contributed by atoms with E-state index in [9.17, 15) is 9.50 Å². The average Bonchev–Trinajstić information content (AvgIpc) is 2.29. The van der Waals surface area contributed by atoms with E-state index in [1.807, 2.05) is 25.3 Å². The van der Waals surface area contributed by atoms with Gasteiger partial charge in [0, 0.05) is 18.3 Å². The van der Waals surface area contributed by atoms with Crippen LogP contribution >= 0.6 is 11.8 Å². The molecule has 2 nitrogen and oxygen atoms in total. The Kier molecular flexibility index (Phi) is 4.87. The highest BCUT2D eigenvalue weighted by atomic mass is 32.2. The van der Waals surface area contributed by atoms with Gasteiger partial charge in [0.2, 0.25) is 0 Å². The van der Waals surface area contributed by atoms with Crippen LogP contribution in [0.15, 0.2) is 24.3 Å². The molecule has 0 unspecified atom stereocenters. The molecule has 0 amide bonds. The molecule has 0 saturated heterocycles. The summed E-state index contributed by atoms with van der Waals surface area (Å²) in [6, 6.07) is 7.28. The maximum Gasteiger partial charge on any atom is 0.123 e. The van der Waals surface area contributed by atoms with E-state index in [1.54, 1.807) is 11.8 Å². The maximum atomic E-state index is 12.8. The highest BCUT2D eigenvalue weighted by Gasteiger charge is 2.31. The Balaban J connectivity index is 1.73. The largest absolute Gasteiger partial charge is 0.388 e. The van der Waals surface area contributed by atoms with Gasteiger partial charge in [-0.1, -0.05) is 12.1 Å². The second-order valence-corrected chi connectivity index (χ2v) is 6.59. The summed E-state index contributed by atoms with van der Waals surface area (Å²) in [5.74, 6) is 1.10. The Hall–Kier alpha value is -0.580. The van der Waals surface area contributed by atoms with E-state index < -0.39 is 5.60 Å². The fraction of sp³-hybridized carbons (Fsp3) is 0.600. The normalized spacial score (nSPS) is 25.7. The van der Waals surface area contributed by atoms with Gasteiger partial charge in [-0.05, 0) is 49.6 Å². The topological polar surface area (TPSA) is 32.3 Å². The minimum absolute atomic E-state index is 0.175. The summed E-state index contributed by atoms with van der Waals surface area (Å²) >= 11 is 1.66. The van der Waals surface area contributed by atoms with E-state index in [0.29, 0.717) is 18.5 Å². The van der Waals surface area contributed by atoms with Gasteiger partial charge in [-0.25, -0.2) is 4.39 Å². The summed E-state index contributed by atoms with van der Waals surface area (Å²) in [7, 11) is 0. The molecule has 0 radical (unpaired) electrons. The van der Waals surface area contributed by atoms with Crippen molar-refractivity contribution in [3.05, 3.63) is 35.6 Å². The molecule has 106 valence electrons. The first-order valence-corrected chi connectivity index (χ1v) is 8.10. The SMILES string of the molecule is CSC[C@](C)(O)CNC1CC(c2ccc(F)cc2)C1. The monoisotopic (exact) mass is 283 g/mol. The molecule has 1 fully saturated rings. The van der Waals surface area contributed by atoms with Crippen LogP contribution in [-0.2, 0) is 0 Å². The van der Waals surface area contributed by atoms with Crippen LogP contribution in [-0.4, -0.2) is 35.3 Å². The number of benzene rings is 1. The molecule has 0 bridgehead atoms. The number of thioether (sulfide) groups is 1. The predicted octanol–water partition coefficient (Wildman–Crippen LogP) is 2.78. The highest BCUT2D eigenvalue weighted by molar-refractivity contribution is 7.98. The van der Waals surface area contributed by atoms with E-state index in [1.165, 1.54) is 17.7 Å². The van der Waals surface area contributed by atoms with Crippen molar-refractivity contribution in [2.24, 2.45) is 0 Å². The van der Waals surface area contributed by atoms with Crippen molar-refractivity contribution in [3.8, 4) is 0 Å². The van der Waals surface area contributed by atoms with Crippen molar-refractivity contribution in [2.45, 2.75) is 37.3 Å². The van der Waals surface area contributed by atoms with E-state index in [2.05, 4.69) is 5.32 Å². The molecule has 0 spiro atoms. The lowest BCUT2D eigenvalue weighted by molar-refractivity contribution is 0.0756. The van der Waals surface area contributed by atoms with Gasteiger partial charge in [-0.2, -0.15) is 11.8 Å². The molecule has 1 atom stereocenters. The number of rotatable bonds is 6. The third-order valence-electron chi connectivity index (χ3n) is 3.71. The molecule has 1 aromatic rings. The summed E-state index contributed by atoms with van der Waals surface area (Å²) in [5.41, 5.74) is 0.579. The highest BCUT2D eigenvalue weighted by Crippen LogP contribution is 2.36. The van der Waals surface area contributed by atoms with Crippen molar-refractivity contribution in [2.75, 3.05) is 18.6 Å². The fourth-order valence-corrected chi connectivity index (χ4v) is 3.24. The lowest BCUT2D eigenvalue weighted by Crippen LogP contribution is -2.48. The van der Waals surface area contributed by atoms with Gasteiger partial charge in [0.25, 0.3) is 0 Å². The second kappa shape index (κ2) is 6.25. The Bertz CT molecular complexity index is 401. The number of hydrogen-bond acceptors (Lipinski definition) is 3. The fourth-order valence-electron chi connectivity index (χ4n) is 2.52. The predicted molar refractivity (Wildman–Crippen MR) is 79.2 cm³/mol. The molecule has 4 heteroatoms. The van der Waals surface area contributed by atoms with E-state index >= 15 is 0 Å². The molecule has 2 rings (SSSR count). The summed E-state index contributed by atoms with van der Waals surface area (Å²) in [5, 5.41) is 13.5. The van der Waals surface area contributed by atoms with Crippen LogP contribution in [0.3, 0.4) is 0 Å². The molecule has 19 heavy (non-hydrogen) atoms. The van der Waals surface area contributed by atoms with E-state index in [-0.39, 0.29) is 5.82 Å². The standard InChI is InChI=1S/C15H22FNOS/c1-15(18,10-19-2)9-17-14-7-12(8-14)11-3-5-13(16)6-4-11/h3-6,12,14,17-18H,7-10H2,1-2H3/t12?,14?,15-/m1/s1. The lowest BCUT2D eigenvalue weighted by atomic mass is 9.76. The minimum atomic E-state index is -0.639. The summed E-state index contributed by atoms with van der Waals surface area (Å²) in [4.78, 5) is 0. The van der Waals surface area contributed by atoms with Crippen LogP contribution in [0.4, 0.5) is 4.39 Å². The van der Waals surface area contributed by atoms with Gasteiger partial charge < -0.3 is 10.4 Å². The smallest absolute Gasteiger partial charge is 0.123 e. The first kappa shape index (κ1) is 14.8. The number of nitrogens with one attached hydrogen (secondary N) is 1. The molecule has 2 N–H and O–H groups in total. The van der Waals surface area contributed by atoms with Crippen LogP contribution in [0, 0.1) is 5.82 Å². The Morgan fingerprint density at radius 2 is 2.00 bits per heavy atom.